The Bertz CT molecular complexity index is 974. The molecule has 1 aliphatic rings. The fourth-order valence-electron chi connectivity index (χ4n) is 3.56. The third kappa shape index (κ3) is 5.05. The van der Waals surface area contributed by atoms with Crippen molar-refractivity contribution in [1.29, 1.82) is 0 Å². The third-order valence-corrected chi connectivity index (χ3v) is 5.26. The number of aromatic nitrogens is 2. The Morgan fingerprint density at radius 3 is 2.67 bits per heavy atom. The molecule has 4 rings (SSSR count). The zero-order valence-electron chi connectivity index (χ0n) is 17.3. The van der Waals surface area contributed by atoms with Crippen LogP contribution in [0.5, 0.6) is 11.5 Å². The van der Waals surface area contributed by atoms with E-state index in [0.717, 1.165) is 40.8 Å². The van der Waals surface area contributed by atoms with E-state index in [9.17, 15) is 0 Å². The molecule has 0 bridgehead atoms. The minimum absolute atomic E-state index is 0.151. The van der Waals surface area contributed by atoms with Crippen LogP contribution in [0.4, 0.5) is 0 Å². The second kappa shape index (κ2) is 9.84. The van der Waals surface area contributed by atoms with Crippen molar-refractivity contribution in [1.82, 2.24) is 15.3 Å². The van der Waals surface area contributed by atoms with Gasteiger partial charge >= 0.3 is 0 Å². The Kier molecular flexibility index (Phi) is 6.74. The van der Waals surface area contributed by atoms with Crippen molar-refractivity contribution in [2.75, 3.05) is 27.4 Å². The summed E-state index contributed by atoms with van der Waals surface area (Å²) < 4.78 is 22.4. The van der Waals surface area contributed by atoms with E-state index in [1.54, 1.807) is 20.4 Å². The van der Waals surface area contributed by atoms with Gasteiger partial charge in [-0.1, -0.05) is 0 Å². The molecule has 0 unspecified atom stereocenters. The molecule has 158 valence electrons. The molecule has 0 amide bonds. The lowest BCUT2D eigenvalue weighted by molar-refractivity contribution is -0.192. The van der Waals surface area contributed by atoms with E-state index in [1.807, 2.05) is 36.7 Å². The van der Waals surface area contributed by atoms with Gasteiger partial charge in [-0.15, -0.1) is 0 Å². The van der Waals surface area contributed by atoms with Gasteiger partial charge in [-0.2, -0.15) is 0 Å². The van der Waals surface area contributed by atoms with Crippen molar-refractivity contribution in [2.45, 2.75) is 31.7 Å². The van der Waals surface area contributed by atoms with Gasteiger partial charge in [0.05, 0.1) is 45.2 Å². The van der Waals surface area contributed by atoms with Gasteiger partial charge in [0.15, 0.2) is 6.29 Å². The molecule has 2 aromatic heterocycles. The number of nitrogens with one attached hydrogen (secondary N) is 1. The topological polar surface area (TPSA) is 74.7 Å². The number of benzene rings is 1. The molecule has 1 N–H and O–H groups in total. The molecular weight excluding hydrogens is 382 g/mol. The highest BCUT2D eigenvalue weighted by molar-refractivity contribution is 5.83. The number of aryl methyl sites for hydroxylation is 1. The molecule has 0 spiro atoms. The first-order chi connectivity index (χ1) is 14.7. The summed E-state index contributed by atoms with van der Waals surface area (Å²) in [5.74, 6) is 1.59. The summed E-state index contributed by atoms with van der Waals surface area (Å²) in [6.45, 7) is 1.93. The molecule has 0 aliphatic carbocycles. The van der Waals surface area contributed by atoms with Crippen molar-refractivity contribution in [3.05, 3.63) is 60.0 Å². The van der Waals surface area contributed by atoms with Gasteiger partial charge in [0.25, 0.3) is 0 Å². The Balaban J connectivity index is 1.27. The maximum Gasteiger partial charge on any atom is 0.158 e. The van der Waals surface area contributed by atoms with Crippen LogP contribution in [0.3, 0.4) is 0 Å². The highest BCUT2D eigenvalue weighted by Crippen LogP contribution is 2.24. The van der Waals surface area contributed by atoms with E-state index in [2.05, 4.69) is 21.4 Å². The number of rotatable bonds is 8. The van der Waals surface area contributed by atoms with Crippen molar-refractivity contribution < 1.29 is 18.9 Å². The fraction of sp³-hybridized carbons (Fsp3) is 0.391. The predicted octanol–water partition coefficient (Wildman–Crippen LogP) is 3.11. The Labute approximate surface area is 176 Å². The highest BCUT2D eigenvalue weighted by atomic mass is 16.7. The van der Waals surface area contributed by atoms with Crippen LogP contribution in [0.15, 0.2) is 48.9 Å². The summed E-state index contributed by atoms with van der Waals surface area (Å²) >= 11 is 0. The van der Waals surface area contributed by atoms with Crippen LogP contribution >= 0.6 is 0 Å². The van der Waals surface area contributed by atoms with Crippen molar-refractivity contribution in [2.24, 2.45) is 0 Å². The molecule has 0 saturated carbocycles. The van der Waals surface area contributed by atoms with Crippen LogP contribution < -0.4 is 14.8 Å². The molecule has 7 heteroatoms. The number of hydrogen-bond donors (Lipinski definition) is 1. The van der Waals surface area contributed by atoms with Crippen molar-refractivity contribution in [3.8, 4) is 11.5 Å². The molecule has 30 heavy (non-hydrogen) atoms. The van der Waals surface area contributed by atoms with Gasteiger partial charge in [0, 0.05) is 30.7 Å². The molecule has 0 radical (unpaired) electrons. The average Bonchev–Trinajstić information content (AvgIpc) is 2.81. The molecule has 1 aliphatic heterocycles. The quantitative estimate of drug-likeness (QED) is 0.613. The van der Waals surface area contributed by atoms with E-state index >= 15 is 0 Å². The number of fused-ring (bicyclic) bond motifs is 1. The van der Waals surface area contributed by atoms with Gasteiger partial charge in [-0.05, 0) is 47.9 Å². The first kappa shape index (κ1) is 20.5. The van der Waals surface area contributed by atoms with Gasteiger partial charge < -0.3 is 24.3 Å². The average molecular weight is 409 g/mol. The zero-order chi connectivity index (χ0) is 20.8. The second-order valence-electron chi connectivity index (χ2n) is 7.30. The van der Waals surface area contributed by atoms with E-state index < -0.39 is 0 Å². The van der Waals surface area contributed by atoms with Crippen molar-refractivity contribution in [3.63, 3.8) is 0 Å². The van der Waals surface area contributed by atoms with Gasteiger partial charge in [-0.25, -0.2) is 0 Å². The number of methoxy groups -OCH3 is 2. The van der Waals surface area contributed by atoms with Crippen LogP contribution in [-0.2, 0) is 22.4 Å². The normalized spacial score (nSPS) is 19.0. The summed E-state index contributed by atoms with van der Waals surface area (Å²) in [7, 11) is 3.32. The maximum absolute atomic E-state index is 5.94. The lowest BCUT2D eigenvalue weighted by Gasteiger charge is -2.30. The maximum atomic E-state index is 5.94. The van der Waals surface area contributed by atoms with Crippen LogP contribution in [0.2, 0.25) is 0 Å². The second-order valence-corrected chi connectivity index (χ2v) is 7.30. The molecule has 1 saturated heterocycles. The molecule has 1 aromatic carbocycles. The number of nitrogens with zero attached hydrogens (tertiary/aromatic N) is 2. The van der Waals surface area contributed by atoms with Gasteiger partial charge in [0.1, 0.15) is 11.5 Å². The number of hydrogen-bond acceptors (Lipinski definition) is 7. The molecular formula is C23H27N3O4. The molecule has 7 nitrogen and oxygen atoms in total. The monoisotopic (exact) mass is 409 g/mol. The standard InChI is InChI=1S/C23H27N3O4/c1-27-19-4-5-22-21(10-19)17(7-8-25-22)3-6-23-29-14-18(15-30-23)26-12-16-9-20(28-2)13-24-11-16/h4-5,7-11,13,18,23,26H,3,6,12,14-15H2,1-2H3/t18-,23-. The summed E-state index contributed by atoms with van der Waals surface area (Å²) in [5.41, 5.74) is 3.25. The molecule has 1 fully saturated rings. The van der Waals surface area contributed by atoms with E-state index in [1.165, 1.54) is 5.56 Å². The van der Waals surface area contributed by atoms with Crippen LogP contribution in [0.1, 0.15) is 17.5 Å². The third-order valence-electron chi connectivity index (χ3n) is 5.26. The molecule has 0 atom stereocenters. The number of ether oxygens (including phenoxy) is 4. The van der Waals surface area contributed by atoms with E-state index in [4.69, 9.17) is 18.9 Å². The first-order valence-electron chi connectivity index (χ1n) is 10.1. The zero-order valence-corrected chi connectivity index (χ0v) is 17.3. The van der Waals surface area contributed by atoms with Crippen molar-refractivity contribution >= 4 is 10.9 Å². The highest BCUT2D eigenvalue weighted by Gasteiger charge is 2.22. The van der Waals surface area contributed by atoms with E-state index in [0.29, 0.717) is 19.8 Å². The van der Waals surface area contributed by atoms with Crippen LogP contribution in [0, 0.1) is 0 Å². The summed E-state index contributed by atoms with van der Waals surface area (Å²) in [4.78, 5) is 8.62. The lowest BCUT2D eigenvalue weighted by Crippen LogP contribution is -2.44. The van der Waals surface area contributed by atoms with Gasteiger partial charge in [-0.3, -0.25) is 9.97 Å². The largest absolute Gasteiger partial charge is 0.497 e. The summed E-state index contributed by atoms with van der Waals surface area (Å²) in [6.07, 6.45) is 6.82. The minimum Gasteiger partial charge on any atom is -0.497 e. The first-order valence-corrected chi connectivity index (χ1v) is 10.1. The number of pyridine rings is 2. The Hall–Kier alpha value is -2.74. The van der Waals surface area contributed by atoms with Crippen LogP contribution in [0.25, 0.3) is 10.9 Å². The fourth-order valence-corrected chi connectivity index (χ4v) is 3.56. The summed E-state index contributed by atoms with van der Waals surface area (Å²) in [6, 6.07) is 10.1. The Morgan fingerprint density at radius 2 is 1.87 bits per heavy atom. The predicted molar refractivity (Wildman–Crippen MR) is 114 cm³/mol. The minimum atomic E-state index is -0.199. The Morgan fingerprint density at radius 1 is 1.03 bits per heavy atom. The van der Waals surface area contributed by atoms with E-state index in [-0.39, 0.29) is 12.3 Å². The summed E-state index contributed by atoms with van der Waals surface area (Å²) in [5, 5.41) is 4.56. The van der Waals surface area contributed by atoms with Gasteiger partial charge in [0.2, 0.25) is 0 Å². The SMILES string of the molecule is COc1cncc(CN[C@H]2CO[C@H](CCc3ccnc4ccc(OC)cc34)OC2)c1. The smallest absolute Gasteiger partial charge is 0.158 e. The molecule has 3 heterocycles. The molecule has 3 aromatic rings. The lowest BCUT2D eigenvalue weighted by atomic mass is 10.0. The van der Waals surface area contributed by atoms with Crippen LogP contribution in [-0.4, -0.2) is 49.7 Å².